The summed E-state index contributed by atoms with van der Waals surface area (Å²) in [5.74, 6) is 0.734. The number of halogens is 3. The molecule has 1 aliphatic rings. The second-order valence-electron chi connectivity index (χ2n) is 6.37. The molecule has 1 saturated heterocycles. The van der Waals surface area contributed by atoms with E-state index in [0.717, 1.165) is 25.5 Å². The lowest BCUT2D eigenvalue weighted by atomic mass is 9.86. The predicted molar refractivity (Wildman–Crippen MR) is 82.9 cm³/mol. The van der Waals surface area contributed by atoms with Gasteiger partial charge in [-0.3, -0.25) is 4.79 Å². The van der Waals surface area contributed by atoms with E-state index >= 15 is 0 Å². The van der Waals surface area contributed by atoms with Gasteiger partial charge in [0.1, 0.15) is 5.76 Å². The molecule has 0 radical (unpaired) electrons. The molecule has 1 aromatic heterocycles. The number of hydrogen-bond acceptors (Lipinski definition) is 3. The minimum atomic E-state index is -4.33. The van der Waals surface area contributed by atoms with Crippen molar-refractivity contribution in [3.8, 4) is 0 Å². The standard InChI is InChI=1S/C17H19F3N2O2/c1-22-6-5-12(15-10-16(23)21-24-15)9-14(22)8-11-3-2-4-13(7-11)17(18,19)20/h2-4,7,10,12,14H,5-6,8-9H2,1H3,(H,21,23)/t12-,14-/m0/s1. The number of alkyl halides is 3. The Morgan fingerprint density at radius 1 is 1.33 bits per heavy atom. The van der Waals surface area contributed by atoms with E-state index in [0.29, 0.717) is 17.7 Å². The van der Waals surface area contributed by atoms with Crippen molar-refractivity contribution in [3.05, 3.63) is 57.6 Å². The van der Waals surface area contributed by atoms with Crippen LogP contribution in [0.15, 0.2) is 39.6 Å². The van der Waals surface area contributed by atoms with Gasteiger partial charge in [-0.1, -0.05) is 18.2 Å². The molecule has 3 rings (SSSR count). The summed E-state index contributed by atoms with van der Waals surface area (Å²) in [6.07, 6.45) is -2.19. The van der Waals surface area contributed by atoms with Crippen LogP contribution in [0, 0.1) is 0 Å². The maximum Gasteiger partial charge on any atom is 0.416 e. The van der Waals surface area contributed by atoms with Gasteiger partial charge >= 0.3 is 6.18 Å². The number of aromatic nitrogens is 1. The molecule has 2 aromatic rings. The van der Waals surface area contributed by atoms with E-state index in [1.165, 1.54) is 18.2 Å². The van der Waals surface area contributed by atoms with E-state index in [9.17, 15) is 18.0 Å². The van der Waals surface area contributed by atoms with Gasteiger partial charge in [0.25, 0.3) is 5.56 Å². The van der Waals surface area contributed by atoms with Gasteiger partial charge in [0, 0.05) is 18.0 Å². The first-order chi connectivity index (χ1) is 11.3. The molecular weight excluding hydrogens is 321 g/mol. The lowest BCUT2D eigenvalue weighted by molar-refractivity contribution is -0.137. The summed E-state index contributed by atoms with van der Waals surface area (Å²) in [6.45, 7) is 0.809. The fraction of sp³-hybridized carbons (Fsp3) is 0.471. The molecule has 0 saturated carbocycles. The van der Waals surface area contributed by atoms with Crippen LogP contribution >= 0.6 is 0 Å². The molecule has 1 aromatic carbocycles. The highest BCUT2D eigenvalue weighted by Crippen LogP contribution is 2.33. The summed E-state index contributed by atoms with van der Waals surface area (Å²) in [5.41, 5.74) is -0.220. The van der Waals surface area contributed by atoms with Gasteiger partial charge in [-0.15, -0.1) is 0 Å². The van der Waals surface area contributed by atoms with Crippen molar-refractivity contribution in [3.63, 3.8) is 0 Å². The van der Waals surface area contributed by atoms with Gasteiger partial charge in [0.15, 0.2) is 0 Å². The molecule has 24 heavy (non-hydrogen) atoms. The van der Waals surface area contributed by atoms with E-state index in [2.05, 4.69) is 10.1 Å². The van der Waals surface area contributed by atoms with Crippen LogP contribution in [0.1, 0.15) is 35.6 Å². The van der Waals surface area contributed by atoms with Crippen molar-refractivity contribution < 1.29 is 17.7 Å². The van der Waals surface area contributed by atoms with Gasteiger partial charge in [0.2, 0.25) is 0 Å². The molecule has 0 unspecified atom stereocenters. The lowest BCUT2D eigenvalue weighted by Crippen LogP contribution is -2.40. The number of H-pyrrole nitrogens is 1. The number of likely N-dealkylation sites (N-methyl/N-ethyl adjacent to an activating group) is 1. The highest BCUT2D eigenvalue weighted by atomic mass is 19.4. The minimum Gasteiger partial charge on any atom is -0.383 e. The maximum atomic E-state index is 12.9. The zero-order valence-electron chi connectivity index (χ0n) is 13.3. The molecule has 7 heteroatoms. The van der Waals surface area contributed by atoms with Crippen molar-refractivity contribution in [1.82, 2.24) is 10.1 Å². The molecule has 1 N–H and O–H groups in total. The normalized spacial score (nSPS) is 22.7. The Morgan fingerprint density at radius 2 is 2.12 bits per heavy atom. The molecule has 0 aliphatic carbocycles. The second kappa shape index (κ2) is 6.47. The third-order valence-electron chi connectivity index (χ3n) is 4.68. The summed E-state index contributed by atoms with van der Waals surface area (Å²) < 4.78 is 43.8. The molecule has 4 nitrogen and oxygen atoms in total. The first-order valence-electron chi connectivity index (χ1n) is 7.87. The van der Waals surface area contributed by atoms with Gasteiger partial charge < -0.3 is 9.42 Å². The monoisotopic (exact) mass is 340 g/mol. The van der Waals surface area contributed by atoms with Crippen LogP contribution in [-0.2, 0) is 12.6 Å². The van der Waals surface area contributed by atoms with Crippen LogP contribution in [0.4, 0.5) is 13.2 Å². The number of rotatable bonds is 3. The molecule has 0 bridgehead atoms. The summed E-state index contributed by atoms with van der Waals surface area (Å²) in [7, 11) is 1.97. The zero-order chi connectivity index (χ0) is 17.3. The summed E-state index contributed by atoms with van der Waals surface area (Å²) >= 11 is 0. The van der Waals surface area contributed by atoms with Gasteiger partial charge in [0.05, 0.1) is 5.56 Å². The van der Waals surface area contributed by atoms with Crippen LogP contribution in [0.5, 0.6) is 0 Å². The number of nitrogens with one attached hydrogen (secondary N) is 1. The van der Waals surface area contributed by atoms with Crippen molar-refractivity contribution in [2.45, 2.75) is 37.4 Å². The van der Waals surface area contributed by atoms with E-state index in [1.54, 1.807) is 6.07 Å². The Kier molecular flexibility index (Phi) is 4.54. The highest BCUT2D eigenvalue weighted by Gasteiger charge is 2.32. The molecule has 2 heterocycles. The van der Waals surface area contributed by atoms with Crippen LogP contribution in [-0.4, -0.2) is 29.7 Å². The Morgan fingerprint density at radius 3 is 2.79 bits per heavy atom. The van der Waals surface area contributed by atoms with E-state index in [-0.39, 0.29) is 17.5 Å². The second-order valence-corrected chi connectivity index (χ2v) is 6.37. The van der Waals surface area contributed by atoms with E-state index in [4.69, 9.17) is 4.52 Å². The molecule has 0 spiro atoms. The zero-order valence-corrected chi connectivity index (χ0v) is 13.3. The SMILES string of the molecule is CN1CC[C@H](c2cc(=O)[nH]o2)C[C@@H]1Cc1cccc(C(F)(F)F)c1. The lowest BCUT2D eigenvalue weighted by Gasteiger charge is -2.36. The van der Waals surface area contributed by atoms with Crippen LogP contribution < -0.4 is 5.56 Å². The fourth-order valence-electron chi connectivity index (χ4n) is 3.31. The fourth-order valence-corrected chi connectivity index (χ4v) is 3.31. The number of likely N-dealkylation sites (tertiary alicyclic amines) is 1. The predicted octanol–water partition coefficient (Wildman–Crippen LogP) is 3.41. The molecule has 2 atom stereocenters. The average molecular weight is 340 g/mol. The summed E-state index contributed by atoms with van der Waals surface area (Å²) in [5, 5.41) is 2.30. The van der Waals surface area contributed by atoms with Gasteiger partial charge in [-0.05, 0) is 44.5 Å². The van der Waals surface area contributed by atoms with Crippen LogP contribution in [0.25, 0.3) is 0 Å². The molecule has 1 aliphatic heterocycles. The molecule has 130 valence electrons. The Hall–Kier alpha value is -2.02. The van der Waals surface area contributed by atoms with Crippen molar-refractivity contribution in [1.29, 1.82) is 0 Å². The quantitative estimate of drug-likeness (QED) is 0.932. The Bertz CT molecular complexity index is 751. The first kappa shape index (κ1) is 16.8. The summed E-state index contributed by atoms with van der Waals surface area (Å²) in [4.78, 5) is 13.4. The average Bonchev–Trinajstić information content (AvgIpc) is 2.95. The van der Waals surface area contributed by atoms with E-state index < -0.39 is 11.7 Å². The highest BCUT2D eigenvalue weighted by molar-refractivity contribution is 5.26. The van der Waals surface area contributed by atoms with E-state index in [1.807, 2.05) is 7.05 Å². The molecule has 0 amide bonds. The van der Waals surface area contributed by atoms with Crippen molar-refractivity contribution in [2.24, 2.45) is 0 Å². The molecular formula is C17H19F3N2O2. The number of aromatic amines is 1. The summed E-state index contributed by atoms with van der Waals surface area (Å²) in [6, 6.07) is 7.04. The third-order valence-corrected chi connectivity index (χ3v) is 4.68. The smallest absolute Gasteiger partial charge is 0.383 e. The van der Waals surface area contributed by atoms with Crippen molar-refractivity contribution >= 4 is 0 Å². The van der Waals surface area contributed by atoms with Crippen molar-refractivity contribution in [2.75, 3.05) is 13.6 Å². The number of nitrogens with zero attached hydrogens (tertiary/aromatic N) is 1. The van der Waals surface area contributed by atoms with Gasteiger partial charge in [-0.2, -0.15) is 18.3 Å². The van der Waals surface area contributed by atoms with Crippen LogP contribution in [0.3, 0.4) is 0 Å². The first-order valence-corrected chi connectivity index (χ1v) is 7.87. The topological polar surface area (TPSA) is 49.2 Å². The Balaban J connectivity index is 1.74. The number of piperidine rings is 1. The number of hydrogen-bond donors (Lipinski definition) is 1. The minimum absolute atomic E-state index is 0.104. The third kappa shape index (κ3) is 3.72. The largest absolute Gasteiger partial charge is 0.416 e. The number of benzene rings is 1. The van der Waals surface area contributed by atoms with Crippen LogP contribution in [0.2, 0.25) is 0 Å². The Labute approximate surface area is 137 Å². The maximum absolute atomic E-state index is 12.9. The van der Waals surface area contributed by atoms with Gasteiger partial charge in [-0.25, -0.2) is 0 Å². The molecule has 1 fully saturated rings.